The lowest BCUT2D eigenvalue weighted by atomic mass is 9.99. The molecule has 0 spiro atoms. The molecule has 0 radical (unpaired) electrons. The Labute approximate surface area is 140 Å². The molecule has 4 rings (SSSR count). The zero-order valence-corrected chi connectivity index (χ0v) is 14.0. The molecule has 0 bridgehead atoms. The second-order valence-corrected chi connectivity index (χ2v) is 6.25. The van der Waals surface area contributed by atoms with Crippen LogP contribution in [0.25, 0.3) is 21.9 Å². The summed E-state index contributed by atoms with van der Waals surface area (Å²) in [5, 5.41) is 1.79. The Morgan fingerprint density at radius 1 is 1.25 bits per heavy atom. The topological polar surface area (TPSA) is 44.1 Å². The molecule has 0 atom stereocenters. The minimum Gasteiger partial charge on any atom is -0.481 e. The van der Waals surface area contributed by atoms with Gasteiger partial charge in [-0.3, -0.25) is 4.79 Å². The summed E-state index contributed by atoms with van der Waals surface area (Å²) in [5.74, 6) is 0.572. The monoisotopic (exact) mass is 320 g/mol. The fourth-order valence-electron chi connectivity index (χ4n) is 3.34. The number of fused-ring (bicyclic) bond motifs is 1. The van der Waals surface area contributed by atoms with E-state index in [0.717, 1.165) is 46.9 Å². The Morgan fingerprint density at radius 2 is 2.08 bits per heavy atom. The van der Waals surface area contributed by atoms with Crippen LogP contribution in [0.1, 0.15) is 31.5 Å². The molecule has 0 N–H and O–H groups in total. The van der Waals surface area contributed by atoms with E-state index in [0.29, 0.717) is 11.9 Å². The first kappa shape index (κ1) is 14.9. The summed E-state index contributed by atoms with van der Waals surface area (Å²) in [6.45, 7) is 2.11. The highest BCUT2D eigenvalue weighted by atomic mass is 16.5. The Kier molecular flexibility index (Phi) is 3.60. The van der Waals surface area contributed by atoms with Gasteiger partial charge in [0.15, 0.2) is 0 Å². The number of benzene rings is 1. The predicted molar refractivity (Wildman–Crippen MR) is 95.6 cm³/mol. The van der Waals surface area contributed by atoms with E-state index in [1.807, 2.05) is 34.9 Å². The second kappa shape index (κ2) is 5.78. The van der Waals surface area contributed by atoms with Crippen LogP contribution >= 0.6 is 0 Å². The normalized spacial score (nSPS) is 14.1. The van der Waals surface area contributed by atoms with Gasteiger partial charge in [0.1, 0.15) is 0 Å². The predicted octanol–water partition coefficient (Wildman–Crippen LogP) is 3.97. The van der Waals surface area contributed by atoms with Crippen molar-refractivity contribution in [3.05, 3.63) is 58.6 Å². The molecule has 122 valence electrons. The lowest BCUT2D eigenvalue weighted by Gasteiger charge is -2.14. The molecule has 4 nitrogen and oxygen atoms in total. The van der Waals surface area contributed by atoms with E-state index in [9.17, 15) is 4.79 Å². The van der Waals surface area contributed by atoms with Gasteiger partial charge in [0, 0.05) is 29.6 Å². The molecule has 24 heavy (non-hydrogen) atoms. The van der Waals surface area contributed by atoms with Crippen molar-refractivity contribution in [1.29, 1.82) is 0 Å². The van der Waals surface area contributed by atoms with Crippen LogP contribution in [0, 0.1) is 0 Å². The van der Waals surface area contributed by atoms with Crippen molar-refractivity contribution in [1.82, 2.24) is 9.55 Å². The number of rotatable bonds is 4. The van der Waals surface area contributed by atoms with Crippen molar-refractivity contribution in [2.45, 2.75) is 32.2 Å². The quantitative estimate of drug-likeness (QED) is 0.730. The number of pyridine rings is 2. The number of aryl methyl sites for hydroxylation is 1. The van der Waals surface area contributed by atoms with Crippen LogP contribution in [0.3, 0.4) is 0 Å². The highest BCUT2D eigenvalue weighted by Gasteiger charge is 2.27. The average molecular weight is 320 g/mol. The molecular formula is C20H20N2O2. The summed E-state index contributed by atoms with van der Waals surface area (Å²) in [7, 11) is 1.60. The molecule has 1 fully saturated rings. The largest absolute Gasteiger partial charge is 0.481 e. The average Bonchev–Trinajstić information content (AvgIpc) is 3.46. The smallest absolute Gasteiger partial charge is 0.259 e. The van der Waals surface area contributed by atoms with Gasteiger partial charge < -0.3 is 9.30 Å². The molecule has 3 aromatic rings. The van der Waals surface area contributed by atoms with Gasteiger partial charge in [-0.1, -0.05) is 25.1 Å². The highest BCUT2D eigenvalue weighted by Crippen LogP contribution is 2.36. The van der Waals surface area contributed by atoms with E-state index in [-0.39, 0.29) is 5.56 Å². The molecule has 0 saturated heterocycles. The highest BCUT2D eigenvalue weighted by molar-refractivity contribution is 5.96. The number of nitrogens with zero attached hydrogens (tertiary/aromatic N) is 2. The molecule has 0 unspecified atom stereocenters. The van der Waals surface area contributed by atoms with E-state index in [4.69, 9.17) is 4.74 Å². The van der Waals surface area contributed by atoms with E-state index >= 15 is 0 Å². The minimum atomic E-state index is 0.123. The van der Waals surface area contributed by atoms with Crippen LogP contribution < -0.4 is 10.3 Å². The Hall–Kier alpha value is -2.62. The van der Waals surface area contributed by atoms with Gasteiger partial charge in [0.05, 0.1) is 12.5 Å². The Bertz CT molecular complexity index is 954. The maximum atomic E-state index is 13.2. The van der Waals surface area contributed by atoms with Crippen LogP contribution in [0.2, 0.25) is 0 Å². The van der Waals surface area contributed by atoms with E-state index in [1.54, 1.807) is 13.3 Å². The molecular weight excluding hydrogens is 300 g/mol. The third kappa shape index (κ3) is 2.39. The molecule has 1 aliphatic rings. The summed E-state index contributed by atoms with van der Waals surface area (Å²) in [4.78, 5) is 17.5. The van der Waals surface area contributed by atoms with Crippen molar-refractivity contribution in [3.8, 4) is 17.0 Å². The molecule has 2 heterocycles. The van der Waals surface area contributed by atoms with Crippen LogP contribution in [-0.2, 0) is 6.42 Å². The number of ether oxygens (including phenoxy) is 1. The zero-order valence-electron chi connectivity index (χ0n) is 14.0. The van der Waals surface area contributed by atoms with Gasteiger partial charge in [-0.05, 0) is 42.3 Å². The van der Waals surface area contributed by atoms with Crippen LogP contribution in [-0.4, -0.2) is 16.7 Å². The van der Waals surface area contributed by atoms with Crippen molar-refractivity contribution in [3.63, 3.8) is 0 Å². The van der Waals surface area contributed by atoms with Crippen LogP contribution in [0.5, 0.6) is 5.88 Å². The van der Waals surface area contributed by atoms with Crippen LogP contribution in [0.4, 0.5) is 0 Å². The van der Waals surface area contributed by atoms with Gasteiger partial charge >= 0.3 is 0 Å². The van der Waals surface area contributed by atoms with Crippen molar-refractivity contribution >= 4 is 10.8 Å². The molecule has 1 aromatic carbocycles. The van der Waals surface area contributed by atoms with E-state index < -0.39 is 0 Å². The van der Waals surface area contributed by atoms with Crippen molar-refractivity contribution in [2.75, 3.05) is 7.11 Å². The van der Waals surface area contributed by atoms with Gasteiger partial charge in [-0.25, -0.2) is 4.98 Å². The maximum absolute atomic E-state index is 13.2. The summed E-state index contributed by atoms with van der Waals surface area (Å²) in [6.07, 6.45) is 4.84. The van der Waals surface area contributed by atoms with Crippen molar-refractivity contribution < 1.29 is 4.74 Å². The van der Waals surface area contributed by atoms with Crippen molar-refractivity contribution in [2.24, 2.45) is 0 Å². The van der Waals surface area contributed by atoms with Gasteiger partial charge in [0.25, 0.3) is 5.56 Å². The first-order chi connectivity index (χ1) is 11.7. The summed E-state index contributed by atoms with van der Waals surface area (Å²) < 4.78 is 7.13. The fraction of sp³-hybridized carbons (Fsp3) is 0.300. The molecule has 1 saturated carbocycles. The van der Waals surface area contributed by atoms with Gasteiger partial charge in [0.2, 0.25) is 5.88 Å². The van der Waals surface area contributed by atoms with Gasteiger partial charge in [-0.15, -0.1) is 0 Å². The maximum Gasteiger partial charge on any atom is 0.259 e. The lowest BCUT2D eigenvalue weighted by molar-refractivity contribution is 0.398. The lowest BCUT2D eigenvalue weighted by Crippen LogP contribution is -2.23. The minimum absolute atomic E-state index is 0.123. The molecule has 0 amide bonds. The van der Waals surface area contributed by atoms with E-state index in [1.165, 1.54) is 0 Å². The number of hydrogen-bond acceptors (Lipinski definition) is 3. The second-order valence-electron chi connectivity index (χ2n) is 6.25. The SMILES string of the molecule is CCc1cc2cccc(-c3ccc(OC)nc3)c2c(=O)n1C1CC1. The number of methoxy groups -OCH3 is 1. The third-order valence-electron chi connectivity index (χ3n) is 4.69. The zero-order chi connectivity index (χ0) is 16.7. The molecule has 0 aliphatic heterocycles. The molecule has 1 aliphatic carbocycles. The van der Waals surface area contributed by atoms with Crippen LogP contribution in [0.15, 0.2) is 47.4 Å². The van der Waals surface area contributed by atoms with Gasteiger partial charge in [-0.2, -0.15) is 0 Å². The summed E-state index contributed by atoms with van der Waals surface area (Å²) in [6, 6.07) is 12.3. The number of hydrogen-bond donors (Lipinski definition) is 0. The fourth-order valence-corrected chi connectivity index (χ4v) is 3.34. The van der Waals surface area contributed by atoms with E-state index in [2.05, 4.69) is 18.0 Å². The third-order valence-corrected chi connectivity index (χ3v) is 4.69. The summed E-state index contributed by atoms with van der Waals surface area (Å²) in [5.41, 5.74) is 3.12. The first-order valence-electron chi connectivity index (χ1n) is 8.40. The first-order valence-corrected chi connectivity index (χ1v) is 8.40. The molecule has 2 aromatic heterocycles. The summed E-state index contributed by atoms with van der Waals surface area (Å²) >= 11 is 0. The molecule has 4 heteroatoms. The Morgan fingerprint density at radius 3 is 2.71 bits per heavy atom. The number of aromatic nitrogens is 2. The standard InChI is InChI=1S/C20H20N2O2/c1-3-15-11-13-5-4-6-17(14-7-10-18(24-2)21-12-14)19(13)20(23)22(15)16-8-9-16/h4-7,10-12,16H,3,8-9H2,1-2H3. The Balaban J connectivity index is 1.99.